The van der Waals surface area contributed by atoms with Gasteiger partial charge in [0.1, 0.15) is 36.0 Å². The fourth-order valence-corrected chi connectivity index (χ4v) is 7.89. The first-order valence-corrected chi connectivity index (χ1v) is 22.8. The highest BCUT2D eigenvalue weighted by Gasteiger charge is 2.41. The second kappa shape index (κ2) is 24.4. The lowest BCUT2D eigenvalue weighted by Gasteiger charge is -2.30. The summed E-state index contributed by atoms with van der Waals surface area (Å²) in [6.45, 7) is -1.32. The van der Waals surface area contributed by atoms with Crippen molar-refractivity contribution in [1.29, 1.82) is 0 Å². The molecule has 2 aromatic carbocycles. The van der Waals surface area contributed by atoms with Crippen molar-refractivity contribution in [3.8, 4) is 0 Å². The lowest BCUT2D eigenvalue weighted by atomic mass is 10.0. The van der Waals surface area contributed by atoms with Crippen LogP contribution in [0.2, 0.25) is 0 Å². The molecule has 5 rings (SSSR count). The summed E-state index contributed by atoms with van der Waals surface area (Å²) >= 11 is 1.29. The van der Waals surface area contributed by atoms with Crippen molar-refractivity contribution in [3.05, 3.63) is 77.6 Å². The van der Waals surface area contributed by atoms with Gasteiger partial charge in [-0.05, 0) is 62.0 Å². The molecule has 2 aliphatic heterocycles. The number of carbonyl (C=O) groups excluding carboxylic acids is 10. The maximum absolute atomic E-state index is 14.4. The second-order valence-electron chi connectivity index (χ2n) is 15.7. The zero-order valence-corrected chi connectivity index (χ0v) is 37.3. The zero-order chi connectivity index (χ0) is 48.6. The van der Waals surface area contributed by atoms with E-state index in [0.29, 0.717) is 22.9 Å². The van der Waals surface area contributed by atoms with Gasteiger partial charge >= 0.3 is 0 Å². The van der Waals surface area contributed by atoms with Crippen LogP contribution < -0.4 is 43.0 Å². The molecule has 0 radical (unpaired) electrons. The molecule has 2 fully saturated rings. The molecular formula is C44H54N10O12S. The van der Waals surface area contributed by atoms with Gasteiger partial charge in [0.05, 0.1) is 12.6 Å². The van der Waals surface area contributed by atoms with Gasteiger partial charge in [-0.1, -0.05) is 36.4 Å². The molecular weight excluding hydrogens is 893 g/mol. The average molecular weight is 947 g/mol. The minimum Gasteiger partial charge on any atom is -0.395 e. The third-order valence-electron chi connectivity index (χ3n) is 10.9. The molecule has 22 nitrogen and oxygen atoms in total. The Morgan fingerprint density at radius 1 is 0.896 bits per heavy atom. The summed E-state index contributed by atoms with van der Waals surface area (Å²) in [6, 6.07) is 7.04. The third-order valence-corrected chi connectivity index (χ3v) is 11.6. The van der Waals surface area contributed by atoms with Crippen LogP contribution in [0, 0.1) is 0 Å². The summed E-state index contributed by atoms with van der Waals surface area (Å²) in [7, 11) is 0. The van der Waals surface area contributed by atoms with Gasteiger partial charge in [-0.2, -0.15) is 11.8 Å². The van der Waals surface area contributed by atoms with Crippen molar-refractivity contribution in [3.63, 3.8) is 0 Å². The number of hydrogen-bond donors (Lipinski definition) is 11. The van der Waals surface area contributed by atoms with Crippen LogP contribution >= 0.6 is 11.8 Å². The normalized spacial score (nSPS) is 22.4. The van der Waals surface area contributed by atoms with Crippen molar-refractivity contribution >= 4 is 87.7 Å². The van der Waals surface area contributed by atoms with Crippen LogP contribution in [0.5, 0.6) is 0 Å². The monoisotopic (exact) mass is 946 g/mol. The second-order valence-corrected chi connectivity index (χ2v) is 16.7. The Morgan fingerprint density at radius 2 is 1.61 bits per heavy atom. The fourth-order valence-electron chi connectivity index (χ4n) is 7.42. The third kappa shape index (κ3) is 13.9. The van der Waals surface area contributed by atoms with Crippen LogP contribution in [0.3, 0.4) is 0 Å². The topological polar surface area (TPSA) is 340 Å². The number of carbonyl (C=O) groups is 10. The number of ketones is 1. The van der Waals surface area contributed by atoms with E-state index in [2.05, 4.69) is 42.2 Å². The molecule has 1 aromatic heterocycles. The Bertz CT molecular complexity index is 2380. The first kappa shape index (κ1) is 50.9. The molecule has 2 aliphatic rings. The number of primary amides is 1. The number of nitrogens with zero attached hydrogens (tertiary/aromatic N) is 1. The number of nitrogens with one attached hydrogen (secondary N) is 8. The van der Waals surface area contributed by atoms with Crippen LogP contribution in [0.1, 0.15) is 54.4 Å². The summed E-state index contributed by atoms with van der Waals surface area (Å²) in [4.78, 5) is 141. The molecule has 0 unspecified atom stereocenters. The maximum atomic E-state index is 14.4. The van der Waals surface area contributed by atoms with Crippen LogP contribution in [-0.2, 0) is 43.2 Å². The molecule has 0 bridgehead atoms. The van der Waals surface area contributed by atoms with Crippen LogP contribution in [0.25, 0.3) is 17.0 Å². The number of aliphatic hydroxyl groups excluding tert-OH is 2. The van der Waals surface area contributed by atoms with Crippen molar-refractivity contribution < 1.29 is 58.2 Å². The smallest absolute Gasteiger partial charge is 0.290 e. The van der Waals surface area contributed by atoms with E-state index >= 15 is 0 Å². The SMILES string of the molecule is CSCC[C@@H]1NC(=O)[C@@H]2CCCN2C(=O)[C@@H](NC(=O)c2ccccc2)CNC(=O)[C@@H](CCC(N)=O)NC(=O)/C(=C/c2c[nH]c3ccccc23)NC(=O)[C@@H](C[C@H](O)C(=O)NCCO)NC(=O)C1=O. The van der Waals surface area contributed by atoms with E-state index in [1.54, 1.807) is 48.7 Å². The number of para-hydroxylation sites is 1. The molecule has 2 saturated heterocycles. The van der Waals surface area contributed by atoms with E-state index in [1.807, 2.05) is 0 Å². The predicted molar refractivity (Wildman–Crippen MR) is 243 cm³/mol. The van der Waals surface area contributed by atoms with Crippen molar-refractivity contribution in [2.45, 2.75) is 74.8 Å². The van der Waals surface area contributed by atoms with Gasteiger partial charge in [-0.25, -0.2) is 0 Å². The highest BCUT2D eigenvalue weighted by Crippen LogP contribution is 2.22. The number of H-pyrrole nitrogens is 1. The Labute approximate surface area is 388 Å². The predicted octanol–water partition coefficient (Wildman–Crippen LogP) is -2.55. The van der Waals surface area contributed by atoms with E-state index in [1.165, 1.54) is 41.1 Å². The molecule has 0 saturated carbocycles. The Morgan fingerprint density at radius 3 is 2.33 bits per heavy atom. The van der Waals surface area contributed by atoms with E-state index in [4.69, 9.17) is 5.73 Å². The number of nitrogens with two attached hydrogens (primary N) is 1. The van der Waals surface area contributed by atoms with Gasteiger partial charge in [-0.15, -0.1) is 0 Å². The van der Waals surface area contributed by atoms with E-state index in [0.717, 1.165) is 0 Å². The number of amides is 9. The molecule has 67 heavy (non-hydrogen) atoms. The molecule has 9 amide bonds. The first-order valence-electron chi connectivity index (χ1n) is 21.4. The number of aromatic nitrogens is 1. The van der Waals surface area contributed by atoms with Crippen molar-refractivity contribution in [1.82, 2.24) is 47.1 Å². The standard InChI is InChI=1S/C44H54N10O12S/c1-67-19-15-28-36(58)43(65)52-31(21-34(56)42(64)46-16-18-55)40(62)51-30(20-25-22-47-27-11-6-5-10-26(25)27)39(61)50-29(13-14-35(45)57)38(60)48-23-32(53-37(59)24-8-3-2-4-9-24)44(66)54-17-7-12-33(54)41(63)49-28/h2-6,8-11,20,22,28-29,31-34,47,55-56H,7,12-19,21,23H2,1H3,(H2,45,57)(H,46,64)(H,48,60)(H,49,63)(H,50,61)(H,51,62)(H,52,65)(H,53,59)/b30-20-/t28-,29+,31+,32-,33-,34-/m0/s1. The van der Waals surface area contributed by atoms with Gasteiger partial charge in [0.2, 0.25) is 41.2 Å². The number of Topliss-reactive ketones (excluding diaryl/α,β-unsaturated/α-hetero) is 1. The number of thioether (sulfide) groups is 1. The lowest BCUT2D eigenvalue weighted by molar-refractivity contribution is -0.143. The number of aromatic amines is 1. The molecule has 12 N–H and O–H groups in total. The van der Waals surface area contributed by atoms with E-state index in [-0.39, 0.29) is 37.2 Å². The van der Waals surface area contributed by atoms with Crippen LogP contribution in [0.4, 0.5) is 0 Å². The molecule has 0 aliphatic carbocycles. The summed E-state index contributed by atoms with van der Waals surface area (Å²) in [5, 5.41) is 37.7. The van der Waals surface area contributed by atoms with Gasteiger partial charge in [-0.3, -0.25) is 47.9 Å². The number of hydrogen-bond acceptors (Lipinski definition) is 13. The highest BCUT2D eigenvalue weighted by atomic mass is 32.2. The number of fused-ring (bicyclic) bond motifs is 2. The van der Waals surface area contributed by atoms with Crippen molar-refractivity contribution in [2.24, 2.45) is 5.73 Å². The summed E-state index contributed by atoms with van der Waals surface area (Å²) in [6.07, 6.45) is 1.11. The quantitative estimate of drug-likeness (QED) is 0.0587. The Balaban J connectivity index is 1.60. The molecule has 3 aromatic rings. The van der Waals surface area contributed by atoms with Gasteiger partial charge in [0.25, 0.3) is 17.7 Å². The maximum Gasteiger partial charge on any atom is 0.290 e. The number of aliphatic hydroxyl groups is 2. The summed E-state index contributed by atoms with van der Waals surface area (Å²) < 4.78 is 0. The first-order chi connectivity index (χ1) is 32.1. The van der Waals surface area contributed by atoms with Crippen LogP contribution in [0.15, 0.2) is 66.5 Å². The molecule has 6 atom stereocenters. The van der Waals surface area contributed by atoms with Gasteiger partial charge in [0.15, 0.2) is 0 Å². The fraction of sp³-hybridized carbons (Fsp3) is 0.409. The number of benzene rings is 2. The van der Waals surface area contributed by atoms with E-state index < -0.39 is 133 Å². The molecule has 23 heteroatoms. The molecule has 3 heterocycles. The summed E-state index contributed by atoms with van der Waals surface area (Å²) in [5.41, 5.74) is 6.01. The highest BCUT2D eigenvalue weighted by molar-refractivity contribution is 7.98. The minimum absolute atomic E-state index is 0.0281. The minimum atomic E-state index is -2.01. The van der Waals surface area contributed by atoms with E-state index in [9.17, 15) is 58.2 Å². The number of rotatable bonds is 14. The molecule has 0 spiro atoms. The average Bonchev–Trinajstić information content (AvgIpc) is 3.99. The van der Waals surface area contributed by atoms with Gasteiger partial charge < -0.3 is 63.0 Å². The lowest BCUT2D eigenvalue weighted by Crippen LogP contribution is -2.60. The Kier molecular flexibility index (Phi) is 18.5. The van der Waals surface area contributed by atoms with Crippen molar-refractivity contribution in [2.75, 3.05) is 38.2 Å². The zero-order valence-electron chi connectivity index (χ0n) is 36.5. The summed E-state index contributed by atoms with van der Waals surface area (Å²) in [5.74, 6) is -9.84. The molecule has 358 valence electrons. The van der Waals surface area contributed by atoms with Crippen LogP contribution in [-0.4, -0.2) is 154 Å². The largest absolute Gasteiger partial charge is 0.395 e. The Hall–Kier alpha value is -7.11. The van der Waals surface area contributed by atoms with Gasteiger partial charge in [0, 0.05) is 60.7 Å².